The lowest BCUT2D eigenvalue weighted by Gasteiger charge is -2.27. The van der Waals surface area contributed by atoms with Gasteiger partial charge in [-0.25, -0.2) is 8.42 Å². The summed E-state index contributed by atoms with van der Waals surface area (Å²) >= 11 is 0. The second-order valence-electron chi connectivity index (χ2n) is 5.73. The quantitative estimate of drug-likeness (QED) is 0.719. The fraction of sp³-hybridized carbons (Fsp3) is 0.600. The Balaban J connectivity index is 1.93. The second-order valence-corrected chi connectivity index (χ2v) is 8.51. The molecule has 0 aromatic heterocycles. The molecule has 0 aliphatic heterocycles. The van der Waals surface area contributed by atoms with Crippen LogP contribution in [0.5, 0.6) is 5.75 Å². The topological polar surface area (TPSA) is 52.6 Å². The van der Waals surface area contributed by atoms with Gasteiger partial charge in [0.2, 0.25) is 9.05 Å². The summed E-state index contributed by atoms with van der Waals surface area (Å²) in [5.41, 5.74) is 0.690. The Kier molecular flexibility index (Phi) is 5.52. The first-order valence-corrected chi connectivity index (χ1v) is 9.53. The molecule has 0 saturated heterocycles. The van der Waals surface area contributed by atoms with Crippen LogP contribution in [-0.2, 0) is 20.4 Å². The average Bonchev–Trinajstić information content (AvgIpc) is 2.85. The summed E-state index contributed by atoms with van der Waals surface area (Å²) in [5, 5.41) is 0. The van der Waals surface area contributed by atoms with Crippen molar-refractivity contribution in [3.63, 3.8) is 0 Å². The van der Waals surface area contributed by atoms with Crippen LogP contribution in [0.2, 0.25) is 0 Å². The van der Waals surface area contributed by atoms with E-state index in [0.29, 0.717) is 13.2 Å². The van der Waals surface area contributed by atoms with E-state index in [1.807, 2.05) is 24.3 Å². The minimum absolute atomic E-state index is 0.000331. The molecule has 118 valence electrons. The normalized spacial score (nSPS) is 17.8. The van der Waals surface area contributed by atoms with Crippen molar-refractivity contribution in [1.29, 1.82) is 0 Å². The van der Waals surface area contributed by atoms with Gasteiger partial charge in [0.1, 0.15) is 5.75 Å². The minimum Gasteiger partial charge on any atom is -0.497 e. The molecule has 21 heavy (non-hydrogen) atoms. The van der Waals surface area contributed by atoms with Crippen molar-refractivity contribution >= 4 is 19.7 Å². The van der Waals surface area contributed by atoms with E-state index in [1.54, 1.807) is 7.11 Å². The van der Waals surface area contributed by atoms with Crippen LogP contribution in [0, 0.1) is 5.41 Å². The van der Waals surface area contributed by atoms with Gasteiger partial charge < -0.3 is 9.47 Å². The maximum Gasteiger partial charge on any atom is 0.233 e. The zero-order valence-electron chi connectivity index (χ0n) is 12.2. The molecule has 1 aliphatic rings. The summed E-state index contributed by atoms with van der Waals surface area (Å²) in [6.07, 6.45) is 3.79. The Morgan fingerprint density at radius 3 is 2.62 bits per heavy atom. The lowest BCUT2D eigenvalue weighted by Crippen LogP contribution is -2.30. The van der Waals surface area contributed by atoms with Crippen molar-refractivity contribution in [2.45, 2.75) is 32.3 Å². The van der Waals surface area contributed by atoms with Gasteiger partial charge in [-0.15, -0.1) is 0 Å². The fourth-order valence-corrected chi connectivity index (χ4v) is 4.77. The van der Waals surface area contributed by atoms with Gasteiger partial charge in [-0.3, -0.25) is 0 Å². The molecule has 0 amide bonds. The van der Waals surface area contributed by atoms with Crippen molar-refractivity contribution in [3.05, 3.63) is 29.8 Å². The van der Waals surface area contributed by atoms with E-state index in [9.17, 15) is 8.42 Å². The Hall–Kier alpha value is -0.780. The zero-order chi connectivity index (χ0) is 15.3. The zero-order valence-corrected chi connectivity index (χ0v) is 13.8. The molecule has 0 radical (unpaired) electrons. The number of benzene rings is 1. The Bertz CT molecular complexity index is 565. The molecule has 0 heterocycles. The van der Waals surface area contributed by atoms with E-state index in [4.69, 9.17) is 20.2 Å². The first kappa shape index (κ1) is 16.6. The molecule has 0 unspecified atom stereocenters. The van der Waals surface area contributed by atoms with Crippen molar-refractivity contribution in [2.24, 2.45) is 5.41 Å². The molecule has 1 aliphatic carbocycles. The van der Waals surface area contributed by atoms with Crippen LogP contribution in [-0.4, -0.2) is 27.9 Å². The standard InChI is InChI=1S/C15H21ClO4S/c1-19-14-6-4-5-13(9-14)10-20-11-15(7-2-3-8-15)12-21(16,17)18/h4-6,9H,2-3,7-8,10-12H2,1H3. The Morgan fingerprint density at radius 2 is 2.00 bits per heavy atom. The van der Waals surface area contributed by atoms with Gasteiger partial charge in [-0.2, -0.15) is 0 Å². The van der Waals surface area contributed by atoms with E-state index >= 15 is 0 Å². The first-order valence-electron chi connectivity index (χ1n) is 7.06. The minimum atomic E-state index is -3.50. The molecule has 1 saturated carbocycles. The summed E-state index contributed by atoms with van der Waals surface area (Å²) < 4.78 is 33.7. The monoisotopic (exact) mass is 332 g/mol. The molecule has 1 aromatic rings. The lowest BCUT2D eigenvalue weighted by atomic mass is 9.90. The molecule has 1 fully saturated rings. The van der Waals surface area contributed by atoms with E-state index in [2.05, 4.69) is 0 Å². The third-order valence-electron chi connectivity index (χ3n) is 3.95. The highest BCUT2D eigenvalue weighted by atomic mass is 35.7. The molecule has 0 spiro atoms. The number of hydrogen-bond acceptors (Lipinski definition) is 4. The van der Waals surface area contributed by atoms with Gasteiger partial charge in [0, 0.05) is 16.1 Å². The lowest BCUT2D eigenvalue weighted by molar-refractivity contribution is 0.0473. The summed E-state index contributed by atoms with van der Waals surface area (Å²) in [6.45, 7) is 0.872. The predicted molar refractivity (Wildman–Crippen MR) is 83.2 cm³/mol. The van der Waals surface area contributed by atoms with Gasteiger partial charge in [0.05, 0.1) is 26.1 Å². The van der Waals surface area contributed by atoms with Crippen LogP contribution in [0.3, 0.4) is 0 Å². The van der Waals surface area contributed by atoms with Crippen LogP contribution >= 0.6 is 10.7 Å². The van der Waals surface area contributed by atoms with E-state index in [1.165, 1.54) is 0 Å². The van der Waals surface area contributed by atoms with Crippen molar-refractivity contribution in [1.82, 2.24) is 0 Å². The van der Waals surface area contributed by atoms with Crippen LogP contribution in [0.25, 0.3) is 0 Å². The highest BCUT2D eigenvalue weighted by Gasteiger charge is 2.38. The van der Waals surface area contributed by atoms with Crippen LogP contribution in [0.15, 0.2) is 24.3 Å². The molecular weight excluding hydrogens is 312 g/mol. The van der Waals surface area contributed by atoms with Gasteiger partial charge in [0.25, 0.3) is 0 Å². The van der Waals surface area contributed by atoms with E-state index < -0.39 is 9.05 Å². The van der Waals surface area contributed by atoms with Crippen LogP contribution in [0.4, 0.5) is 0 Å². The highest BCUT2D eigenvalue weighted by Crippen LogP contribution is 2.40. The third-order valence-corrected chi connectivity index (χ3v) is 5.24. The summed E-state index contributed by atoms with van der Waals surface area (Å²) in [6, 6.07) is 7.66. The molecule has 4 nitrogen and oxygen atoms in total. The number of rotatable bonds is 7. The Morgan fingerprint density at radius 1 is 1.29 bits per heavy atom. The van der Waals surface area contributed by atoms with E-state index in [0.717, 1.165) is 37.0 Å². The maximum absolute atomic E-state index is 11.4. The number of halogens is 1. The molecule has 6 heteroatoms. The third kappa shape index (κ3) is 5.16. The second kappa shape index (κ2) is 6.99. The summed E-state index contributed by atoms with van der Waals surface area (Å²) in [4.78, 5) is 0. The predicted octanol–water partition coefficient (Wildman–Crippen LogP) is 3.34. The van der Waals surface area contributed by atoms with Crippen molar-refractivity contribution in [3.8, 4) is 5.75 Å². The average molecular weight is 333 g/mol. The highest BCUT2D eigenvalue weighted by molar-refractivity contribution is 8.13. The first-order chi connectivity index (χ1) is 9.92. The van der Waals surface area contributed by atoms with Crippen molar-refractivity contribution in [2.75, 3.05) is 19.5 Å². The fourth-order valence-electron chi connectivity index (χ4n) is 2.97. The van der Waals surface area contributed by atoms with Crippen molar-refractivity contribution < 1.29 is 17.9 Å². The van der Waals surface area contributed by atoms with Crippen LogP contribution in [0.1, 0.15) is 31.2 Å². The molecule has 2 rings (SSSR count). The molecule has 1 aromatic carbocycles. The van der Waals surface area contributed by atoms with Gasteiger partial charge in [0.15, 0.2) is 0 Å². The number of ether oxygens (including phenoxy) is 2. The molecule has 0 atom stereocenters. The van der Waals surface area contributed by atoms with E-state index in [-0.39, 0.29) is 11.2 Å². The summed E-state index contributed by atoms with van der Waals surface area (Å²) in [7, 11) is 3.56. The maximum atomic E-state index is 11.4. The van der Waals surface area contributed by atoms with Crippen LogP contribution < -0.4 is 4.74 Å². The SMILES string of the molecule is COc1cccc(COCC2(CS(=O)(=O)Cl)CCCC2)c1. The smallest absolute Gasteiger partial charge is 0.233 e. The number of hydrogen-bond donors (Lipinski definition) is 0. The largest absolute Gasteiger partial charge is 0.497 e. The molecule has 0 bridgehead atoms. The number of methoxy groups -OCH3 is 1. The summed E-state index contributed by atoms with van der Waals surface area (Å²) in [5.74, 6) is 0.787. The van der Waals surface area contributed by atoms with Gasteiger partial charge in [-0.05, 0) is 30.5 Å². The van der Waals surface area contributed by atoms with Gasteiger partial charge in [-0.1, -0.05) is 25.0 Å². The van der Waals surface area contributed by atoms with Gasteiger partial charge >= 0.3 is 0 Å². The molecular formula is C15H21ClO4S. The molecule has 0 N–H and O–H groups in total. The Labute approximate surface area is 130 Å².